The molecule has 0 aliphatic heterocycles. The van der Waals surface area contributed by atoms with Gasteiger partial charge in [-0.1, -0.05) is 41.9 Å². The van der Waals surface area contributed by atoms with Crippen LogP contribution in [0.25, 0.3) is 0 Å². The van der Waals surface area contributed by atoms with Crippen LogP contribution in [0.2, 0.25) is 5.02 Å². The molecule has 0 bridgehead atoms. The maximum Gasteiger partial charge on any atom is 0.242 e. The Morgan fingerprint density at radius 1 is 1.03 bits per heavy atom. The maximum atomic E-state index is 13.4. The van der Waals surface area contributed by atoms with E-state index in [1.165, 1.54) is 0 Å². The summed E-state index contributed by atoms with van der Waals surface area (Å²) in [5.41, 5.74) is 2.41. The molecule has 2 amide bonds. The van der Waals surface area contributed by atoms with Crippen molar-refractivity contribution in [3.63, 3.8) is 0 Å². The number of amides is 2. The molecule has 1 fully saturated rings. The molecule has 1 aliphatic rings. The van der Waals surface area contributed by atoms with Crippen LogP contribution in [0, 0.1) is 0 Å². The van der Waals surface area contributed by atoms with E-state index in [9.17, 15) is 18.0 Å². The Labute approximate surface area is 228 Å². The summed E-state index contributed by atoms with van der Waals surface area (Å²) >= 11 is 6.02. The lowest BCUT2D eigenvalue weighted by Gasteiger charge is -2.29. The zero-order valence-electron chi connectivity index (χ0n) is 21.1. The van der Waals surface area contributed by atoms with Gasteiger partial charge in [0.1, 0.15) is 6.04 Å². The predicted molar refractivity (Wildman–Crippen MR) is 146 cm³/mol. The molecule has 0 unspecified atom stereocenters. The quantitative estimate of drug-likeness (QED) is 0.353. The molecular formula is C28H31ClN4O4S. The molecule has 4 rings (SSSR count). The third kappa shape index (κ3) is 7.86. The molecule has 0 saturated heterocycles. The SMILES string of the molecule is C[C@@H](C(=O)NCc1ccccn1)N(Cc1ccc(Cl)cc1)C(=O)CCc1ccc(S(=O)(=O)NC2CC2)cc1. The predicted octanol–water partition coefficient (Wildman–Crippen LogP) is 3.84. The Morgan fingerprint density at radius 2 is 1.71 bits per heavy atom. The van der Waals surface area contributed by atoms with Crippen molar-refractivity contribution in [2.45, 2.75) is 62.7 Å². The van der Waals surface area contributed by atoms with Gasteiger partial charge in [-0.2, -0.15) is 0 Å². The van der Waals surface area contributed by atoms with Gasteiger partial charge in [0.05, 0.1) is 17.1 Å². The summed E-state index contributed by atoms with van der Waals surface area (Å²) in [7, 11) is -3.53. The Balaban J connectivity index is 1.41. The molecule has 1 saturated carbocycles. The van der Waals surface area contributed by atoms with Crippen LogP contribution >= 0.6 is 11.6 Å². The Morgan fingerprint density at radius 3 is 2.34 bits per heavy atom. The first-order valence-corrected chi connectivity index (χ1v) is 14.4. The summed E-state index contributed by atoms with van der Waals surface area (Å²) in [4.78, 5) is 32.3. The number of carbonyl (C=O) groups excluding carboxylic acids is 2. The van der Waals surface area contributed by atoms with E-state index in [0.717, 1.165) is 29.7 Å². The lowest BCUT2D eigenvalue weighted by molar-refractivity contribution is -0.140. The number of nitrogens with zero attached hydrogens (tertiary/aromatic N) is 2. The van der Waals surface area contributed by atoms with E-state index in [1.807, 2.05) is 24.3 Å². The third-order valence-electron chi connectivity index (χ3n) is 6.36. The zero-order valence-corrected chi connectivity index (χ0v) is 22.7. The van der Waals surface area contributed by atoms with Crippen molar-refractivity contribution in [3.8, 4) is 0 Å². The van der Waals surface area contributed by atoms with Gasteiger partial charge in [-0.15, -0.1) is 0 Å². The van der Waals surface area contributed by atoms with Crippen molar-refractivity contribution in [2.75, 3.05) is 0 Å². The van der Waals surface area contributed by atoms with Crippen LogP contribution in [0.1, 0.15) is 43.0 Å². The van der Waals surface area contributed by atoms with Gasteiger partial charge in [0.15, 0.2) is 0 Å². The lowest BCUT2D eigenvalue weighted by atomic mass is 10.1. The van der Waals surface area contributed by atoms with Crippen molar-refractivity contribution in [2.24, 2.45) is 0 Å². The smallest absolute Gasteiger partial charge is 0.242 e. The molecule has 0 spiro atoms. The largest absolute Gasteiger partial charge is 0.349 e. The van der Waals surface area contributed by atoms with Crippen LogP contribution in [0.4, 0.5) is 0 Å². The number of aryl methyl sites for hydroxylation is 1. The fourth-order valence-corrected chi connectivity index (χ4v) is 5.35. The number of halogens is 1. The van der Waals surface area contributed by atoms with E-state index in [-0.39, 0.29) is 42.3 Å². The number of hydrogen-bond donors (Lipinski definition) is 2. The average Bonchev–Trinajstić information content (AvgIpc) is 3.74. The second-order valence-corrected chi connectivity index (χ2v) is 11.6. The van der Waals surface area contributed by atoms with Crippen LogP contribution in [0.3, 0.4) is 0 Å². The van der Waals surface area contributed by atoms with Crippen LogP contribution in [0.15, 0.2) is 77.8 Å². The number of pyridine rings is 1. The summed E-state index contributed by atoms with van der Waals surface area (Å²) < 4.78 is 27.5. The average molecular weight is 555 g/mol. The second kappa shape index (κ2) is 12.5. The van der Waals surface area contributed by atoms with Crippen molar-refractivity contribution in [1.29, 1.82) is 0 Å². The van der Waals surface area contributed by atoms with Crippen molar-refractivity contribution >= 4 is 33.4 Å². The van der Waals surface area contributed by atoms with Gasteiger partial charge in [0.2, 0.25) is 21.8 Å². The van der Waals surface area contributed by atoms with E-state index in [2.05, 4.69) is 15.0 Å². The number of carbonyl (C=O) groups is 2. The van der Waals surface area contributed by atoms with E-state index in [0.29, 0.717) is 11.4 Å². The molecule has 1 aliphatic carbocycles. The summed E-state index contributed by atoms with van der Waals surface area (Å²) in [6, 6.07) is 18.5. The fraction of sp³-hybridized carbons (Fsp3) is 0.321. The minimum atomic E-state index is -3.53. The first-order valence-electron chi connectivity index (χ1n) is 12.5. The second-order valence-electron chi connectivity index (χ2n) is 9.40. The number of rotatable bonds is 12. The molecule has 200 valence electrons. The highest BCUT2D eigenvalue weighted by atomic mass is 35.5. The van der Waals surface area contributed by atoms with Gasteiger partial charge in [0, 0.05) is 30.2 Å². The molecule has 1 atom stereocenters. The number of hydrogen-bond acceptors (Lipinski definition) is 5. The van der Waals surface area contributed by atoms with E-state index in [4.69, 9.17) is 11.6 Å². The number of benzene rings is 2. The highest BCUT2D eigenvalue weighted by molar-refractivity contribution is 7.89. The minimum Gasteiger partial charge on any atom is -0.349 e. The molecule has 0 radical (unpaired) electrons. The molecule has 2 aromatic carbocycles. The summed E-state index contributed by atoms with van der Waals surface area (Å²) in [6.45, 7) is 2.21. The Hall–Kier alpha value is -3.27. The number of sulfonamides is 1. The van der Waals surface area contributed by atoms with Gasteiger partial charge < -0.3 is 10.2 Å². The van der Waals surface area contributed by atoms with Gasteiger partial charge in [0.25, 0.3) is 0 Å². The van der Waals surface area contributed by atoms with Crippen LogP contribution in [-0.4, -0.2) is 42.2 Å². The first-order chi connectivity index (χ1) is 18.2. The van der Waals surface area contributed by atoms with Crippen LogP contribution in [0.5, 0.6) is 0 Å². The Kier molecular flexibility index (Phi) is 9.14. The van der Waals surface area contributed by atoms with E-state index < -0.39 is 16.1 Å². The zero-order chi connectivity index (χ0) is 27.1. The standard InChI is InChI=1S/C28H31ClN4O4S/c1-20(28(35)31-18-25-4-2-3-17-30-25)33(19-22-5-10-23(29)11-6-22)27(34)16-9-21-7-14-26(15-8-21)38(36,37)32-24-12-13-24/h2-8,10-11,14-15,17,20,24,32H,9,12-13,16,18-19H2,1H3,(H,31,35)/t20-/m0/s1. The van der Waals surface area contributed by atoms with Gasteiger partial charge in [-0.25, -0.2) is 13.1 Å². The summed E-state index contributed by atoms with van der Waals surface area (Å²) in [5.74, 6) is -0.469. The van der Waals surface area contributed by atoms with Crippen LogP contribution < -0.4 is 10.0 Å². The highest BCUT2D eigenvalue weighted by Gasteiger charge is 2.28. The van der Waals surface area contributed by atoms with E-state index >= 15 is 0 Å². The van der Waals surface area contributed by atoms with Crippen LogP contribution in [-0.2, 0) is 39.1 Å². The number of nitrogens with one attached hydrogen (secondary N) is 2. The van der Waals surface area contributed by atoms with Crippen molar-refractivity contribution in [3.05, 3.63) is 94.8 Å². The van der Waals surface area contributed by atoms with Crippen molar-refractivity contribution in [1.82, 2.24) is 19.9 Å². The number of aromatic nitrogens is 1. The monoisotopic (exact) mass is 554 g/mol. The normalized spacial score (nSPS) is 14.1. The van der Waals surface area contributed by atoms with Crippen molar-refractivity contribution < 1.29 is 18.0 Å². The topological polar surface area (TPSA) is 108 Å². The molecular weight excluding hydrogens is 524 g/mol. The highest BCUT2D eigenvalue weighted by Crippen LogP contribution is 2.22. The molecule has 1 heterocycles. The van der Waals surface area contributed by atoms with Gasteiger partial charge in [-0.05, 0) is 73.7 Å². The molecule has 10 heteroatoms. The lowest BCUT2D eigenvalue weighted by Crippen LogP contribution is -2.47. The summed E-state index contributed by atoms with van der Waals surface area (Å²) in [6.07, 6.45) is 3.97. The van der Waals surface area contributed by atoms with E-state index in [1.54, 1.807) is 60.5 Å². The molecule has 2 N–H and O–H groups in total. The summed E-state index contributed by atoms with van der Waals surface area (Å²) in [5, 5.41) is 3.45. The molecule has 1 aromatic heterocycles. The molecule has 8 nitrogen and oxygen atoms in total. The van der Waals surface area contributed by atoms with Gasteiger partial charge >= 0.3 is 0 Å². The minimum absolute atomic E-state index is 0.0343. The first kappa shape index (κ1) is 27.8. The van der Waals surface area contributed by atoms with Gasteiger partial charge in [-0.3, -0.25) is 14.6 Å². The molecule has 3 aromatic rings. The Bertz CT molecular complexity index is 1350. The third-order valence-corrected chi connectivity index (χ3v) is 8.15. The fourth-order valence-electron chi connectivity index (χ4n) is 3.92. The maximum absolute atomic E-state index is 13.4. The molecule has 38 heavy (non-hydrogen) atoms.